The zero-order valence-corrected chi connectivity index (χ0v) is 13.2. The molecule has 1 fully saturated rings. The second kappa shape index (κ2) is 6.21. The molecule has 1 aliphatic carbocycles. The Morgan fingerprint density at radius 1 is 1.38 bits per heavy atom. The van der Waals surface area contributed by atoms with Crippen molar-refractivity contribution in [1.82, 2.24) is 4.72 Å². The normalized spacial score (nSPS) is 17.0. The van der Waals surface area contributed by atoms with Crippen molar-refractivity contribution in [2.45, 2.75) is 22.5 Å². The average Bonchev–Trinajstić information content (AvgIpc) is 3.24. The third-order valence-electron chi connectivity index (χ3n) is 3.43. The molecule has 0 saturated heterocycles. The highest BCUT2D eigenvalue weighted by atomic mass is 32.2. The zero-order chi connectivity index (χ0) is 15.5. The largest absolute Gasteiger partial charge is 0.478 e. The Bertz CT molecular complexity index is 646. The van der Waals surface area contributed by atoms with Gasteiger partial charge in [0, 0.05) is 17.4 Å². The summed E-state index contributed by atoms with van der Waals surface area (Å²) in [5.74, 6) is -1.04. The maximum atomic E-state index is 12.2. The highest BCUT2D eigenvalue weighted by Crippen LogP contribution is 2.46. The van der Waals surface area contributed by atoms with Crippen molar-refractivity contribution in [3.8, 4) is 0 Å². The summed E-state index contributed by atoms with van der Waals surface area (Å²) in [7, 11) is -3.52. The van der Waals surface area contributed by atoms with E-state index in [4.69, 9.17) is 5.11 Å². The third kappa shape index (κ3) is 4.33. The van der Waals surface area contributed by atoms with Crippen LogP contribution in [0.1, 0.15) is 18.4 Å². The van der Waals surface area contributed by atoms with Crippen molar-refractivity contribution in [3.63, 3.8) is 0 Å². The SMILES string of the molecule is CSC1(CNS(=O)(=O)c2ccc(/C=C/C(=O)O)cc2)CC1. The van der Waals surface area contributed by atoms with Crippen LogP contribution in [-0.4, -0.2) is 37.0 Å². The topological polar surface area (TPSA) is 83.5 Å². The molecule has 0 unspecified atom stereocenters. The lowest BCUT2D eigenvalue weighted by molar-refractivity contribution is -0.131. The monoisotopic (exact) mass is 327 g/mol. The molecule has 0 bridgehead atoms. The molecule has 0 amide bonds. The Labute approximate surface area is 128 Å². The molecular weight excluding hydrogens is 310 g/mol. The van der Waals surface area contributed by atoms with Crippen LogP contribution in [0.3, 0.4) is 0 Å². The van der Waals surface area contributed by atoms with E-state index in [0.29, 0.717) is 12.1 Å². The van der Waals surface area contributed by atoms with E-state index >= 15 is 0 Å². The molecular formula is C14H17NO4S2. The molecule has 1 aromatic carbocycles. The molecule has 7 heteroatoms. The van der Waals surface area contributed by atoms with Gasteiger partial charge in [0.05, 0.1) is 4.90 Å². The number of thioether (sulfide) groups is 1. The van der Waals surface area contributed by atoms with Gasteiger partial charge in [-0.25, -0.2) is 17.9 Å². The van der Waals surface area contributed by atoms with Crippen molar-refractivity contribution < 1.29 is 18.3 Å². The summed E-state index contributed by atoms with van der Waals surface area (Å²) < 4.78 is 27.0. The van der Waals surface area contributed by atoms with Crippen LogP contribution in [0.25, 0.3) is 6.08 Å². The Kier molecular flexibility index (Phi) is 4.75. The summed E-state index contributed by atoms with van der Waals surface area (Å²) >= 11 is 1.69. The number of benzene rings is 1. The van der Waals surface area contributed by atoms with Crippen LogP contribution in [0.5, 0.6) is 0 Å². The number of aliphatic carboxylic acids is 1. The third-order valence-corrected chi connectivity index (χ3v) is 6.27. The van der Waals surface area contributed by atoms with Gasteiger partial charge in [-0.2, -0.15) is 11.8 Å². The van der Waals surface area contributed by atoms with E-state index in [0.717, 1.165) is 18.9 Å². The zero-order valence-electron chi connectivity index (χ0n) is 11.6. The van der Waals surface area contributed by atoms with Crippen LogP contribution in [-0.2, 0) is 14.8 Å². The maximum Gasteiger partial charge on any atom is 0.328 e. The molecule has 0 atom stereocenters. The predicted octanol–water partition coefficient (Wildman–Crippen LogP) is 1.96. The van der Waals surface area contributed by atoms with Gasteiger partial charge in [0.1, 0.15) is 0 Å². The van der Waals surface area contributed by atoms with Gasteiger partial charge in [0.15, 0.2) is 0 Å². The van der Waals surface area contributed by atoms with Gasteiger partial charge in [-0.1, -0.05) is 12.1 Å². The van der Waals surface area contributed by atoms with E-state index in [9.17, 15) is 13.2 Å². The second-order valence-corrected chi connectivity index (χ2v) is 7.99. The molecule has 114 valence electrons. The Balaban J connectivity index is 2.04. The Morgan fingerprint density at radius 2 is 2.00 bits per heavy atom. The predicted molar refractivity (Wildman–Crippen MR) is 83.8 cm³/mol. The van der Waals surface area contributed by atoms with Gasteiger partial charge in [0.25, 0.3) is 0 Å². The molecule has 0 heterocycles. The molecule has 1 aromatic rings. The van der Waals surface area contributed by atoms with Crippen molar-refractivity contribution in [3.05, 3.63) is 35.9 Å². The summed E-state index contributed by atoms with van der Waals surface area (Å²) in [6.45, 7) is 0.442. The number of carboxylic acids is 1. The minimum atomic E-state index is -3.52. The Morgan fingerprint density at radius 3 is 2.48 bits per heavy atom. The summed E-state index contributed by atoms with van der Waals surface area (Å²) in [6.07, 6.45) is 6.49. The number of hydrogen-bond acceptors (Lipinski definition) is 4. The van der Waals surface area contributed by atoms with Gasteiger partial charge < -0.3 is 5.11 Å². The molecule has 1 aliphatic rings. The highest BCUT2D eigenvalue weighted by molar-refractivity contribution is 8.00. The fraction of sp³-hybridized carbons (Fsp3) is 0.357. The molecule has 2 rings (SSSR count). The number of hydrogen-bond donors (Lipinski definition) is 2. The van der Waals surface area contributed by atoms with E-state index < -0.39 is 16.0 Å². The van der Waals surface area contributed by atoms with E-state index in [1.807, 2.05) is 6.26 Å². The lowest BCUT2D eigenvalue weighted by atomic mass is 10.2. The fourth-order valence-corrected chi connectivity index (χ4v) is 3.77. The average molecular weight is 327 g/mol. The van der Waals surface area contributed by atoms with Crippen molar-refractivity contribution in [2.24, 2.45) is 0 Å². The molecule has 0 aromatic heterocycles. The van der Waals surface area contributed by atoms with Gasteiger partial charge in [-0.3, -0.25) is 0 Å². The first-order chi connectivity index (χ1) is 9.87. The van der Waals surface area contributed by atoms with Gasteiger partial charge in [0.2, 0.25) is 10.0 Å². The van der Waals surface area contributed by atoms with E-state index in [-0.39, 0.29) is 9.64 Å². The fourth-order valence-electron chi connectivity index (χ4n) is 1.83. The molecule has 21 heavy (non-hydrogen) atoms. The number of nitrogens with one attached hydrogen (secondary N) is 1. The van der Waals surface area contributed by atoms with Gasteiger partial charge >= 0.3 is 5.97 Å². The van der Waals surface area contributed by atoms with Crippen LogP contribution in [0, 0.1) is 0 Å². The number of sulfonamides is 1. The van der Waals surface area contributed by atoms with E-state index in [2.05, 4.69) is 4.72 Å². The van der Waals surface area contributed by atoms with Gasteiger partial charge in [-0.05, 0) is 42.9 Å². The van der Waals surface area contributed by atoms with Crippen LogP contribution in [0.4, 0.5) is 0 Å². The molecule has 0 spiro atoms. The quantitative estimate of drug-likeness (QED) is 0.748. The second-order valence-electron chi connectivity index (χ2n) is 4.95. The summed E-state index contributed by atoms with van der Waals surface area (Å²) in [5, 5.41) is 8.54. The minimum Gasteiger partial charge on any atom is -0.478 e. The summed E-state index contributed by atoms with van der Waals surface area (Å²) in [5.41, 5.74) is 0.638. The van der Waals surface area contributed by atoms with Crippen LogP contribution in [0.2, 0.25) is 0 Å². The first-order valence-electron chi connectivity index (χ1n) is 6.43. The molecule has 2 N–H and O–H groups in total. The molecule has 5 nitrogen and oxygen atoms in total. The molecule has 0 radical (unpaired) electrons. The standard InChI is InChI=1S/C14H17NO4S2/c1-20-14(8-9-14)10-15-21(18,19)12-5-2-11(3-6-12)4-7-13(16)17/h2-7,15H,8-10H2,1H3,(H,16,17)/b7-4+. The summed E-state index contributed by atoms with van der Waals surface area (Å²) in [6, 6.07) is 6.11. The van der Waals surface area contributed by atoms with Crippen molar-refractivity contribution in [2.75, 3.05) is 12.8 Å². The van der Waals surface area contributed by atoms with Gasteiger partial charge in [-0.15, -0.1) is 0 Å². The van der Waals surface area contributed by atoms with Crippen LogP contribution < -0.4 is 4.72 Å². The van der Waals surface area contributed by atoms with Crippen molar-refractivity contribution >= 4 is 33.8 Å². The number of carboxylic acid groups (broad SMARTS) is 1. The lowest BCUT2D eigenvalue weighted by Crippen LogP contribution is -2.31. The van der Waals surface area contributed by atoms with Crippen molar-refractivity contribution in [1.29, 1.82) is 0 Å². The first-order valence-corrected chi connectivity index (χ1v) is 9.14. The van der Waals surface area contributed by atoms with Crippen LogP contribution in [0.15, 0.2) is 35.2 Å². The smallest absolute Gasteiger partial charge is 0.328 e. The van der Waals surface area contributed by atoms with Crippen LogP contribution >= 0.6 is 11.8 Å². The minimum absolute atomic E-state index is 0.0667. The molecule has 0 aliphatic heterocycles. The highest BCUT2D eigenvalue weighted by Gasteiger charge is 2.42. The Hall–Kier alpha value is -1.31. The lowest BCUT2D eigenvalue weighted by Gasteiger charge is -2.13. The van der Waals surface area contributed by atoms with E-state index in [1.165, 1.54) is 18.2 Å². The maximum absolute atomic E-state index is 12.2. The summed E-state index contributed by atoms with van der Waals surface area (Å²) in [4.78, 5) is 10.6. The van der Waals surface area contributed by atoms with E-state index in [1.54, 1.807) is 23.9 Å². The molecule has 1 saturated carbocycles. The number of carbonyl (C=O) groups is 1. The first kappa shape index (κ1) is 16.1. The number of rotatable bonds is 7.